The monoisotopic (exact) mass is 426 g/mol. The van der Waals surface area contributed by atoms with E-state index in [0.717, 1.165) is 24.8 Å². The van der Waals surface area contributed by atoms with E-state index in [-0.39, 0.29) is 18.0 Å². The van der Waals surface area contributed by atoms with Crippen LogP contribution in [-0.4, -0.2) is 41.1 Å². The highest BCUT2D eigenvalue weighted by Crippen LogP contribution is 2.29. The number of carbonyl (C=O) groups excluding carboxylic acids is 3. The second kappa shape index (κ2) is 10.3. The maximum Gasteiger partial charge on any atom is 0.291 e. The van der Waals surface area contributed by atoms with Gasteiger partial charge in [0, 0.05) is 12.6 Å². The van der Waals surface area contributed by atoms with Gasteiger partial charge in [-0.05, 0) is 50.8 Å². The number of likely N-dealkylation sites (tertiary alicyclic amines) is 1. The number of Topliss-reactive ketones (excluding diaryl/α,β-unsaturated/α-hetero) is 1. The van der Waals surface area contributed by atoms with Crippen LogP contribution in [0.15, 0.2) is 18.2 Å². The van der Waals surface area contributed by atoms with Gasteiger partial charge in [-0.1, -0.05) is 49.0 Å². The Morgan fingerprint density at radius 2 is 1.89 bits per heavy atom. The summed E-state index contributed by atoms with van der Waals surface area (Å²) in [6, 6.07) is 5.00. The molecule has 2 amide bonds. The molecule has 2 rings (SSSR count). The van der Waals surface area contributed by atoms with E-state index in [0.29, 0.717) is 29.4 Å². The first-order valence-electron chi connectivity index (χ1n) is 9.86. The lowest BCUT2D eigenvalue weighted by Gasteiger charge is -2.30. The van der Waals surface area contributed by atoms with E-state index in [9.17, 15) is 14.4 Å². The summed E-state index contributed by atoms with van der Waals surface area (Å²) in [5.74, 6) is -2.38. The van der Waals surface area contributed by atoms with Crippen molar-refractivity contribution >= 4 is 40.8 Å². The lowest BCUT2D eigenvalue weighted by Crippen LogP contribution is -2.44. The minimum atomic E-state index is -0.911. The van der Waals surface area contributed by atoms with Crippen molar-refractivity contribution in [3.63, 3.8) is 0 Å². The molecule has 1 aromatic carbocycles. The molecule has 2 unspecified atom stereocenters. The van der Waals surface area contributed by atoms with E-state index in [4.69, 9.17) is 23.2 Å². The molecule has 1 aliphatic rings. The molecular weight excluding hydrogens is 399 g/mol. The van der Waals surface area contributed by atoms with Gasteiger partial charge in [-0.25, -0.2) is 0 Å². The van der Waals surface area contributed by atoms with Gasteiger partial charge in [0.25, 0.3) is 5.91 Å². The van der Waals surface area contributed by atoms with Crippen LogP contribution in [0.2, 0.25) is 10.0 Å². The fourth-order valence-electron chi connectivity index (χ4n) is 3.69. The van der Waals surface area contributed by atoms with Gasteiger partial charge in [-0.3, -0.25) is 14.4 Å². The predicted octanol–water partition coefficient (Wildman–Crippen LogP) is 4.04. The molecule has 0 spiro atoms. The van der Waals surface area contributed by atoms with Crippen LogP contribution < -0.4 is 5.32 Å². The van der Waals surface area contributed by atoms with Crippen LogP contribution >= 0.6 is 23.2 Å². The highest BCUT2D eigenvalue weighted by Gasteiger charge is 2.51. The molecule has 28 heavy (non-hydrogen) atoms. The zero-order chi connectivity index (χ0) is 20.8. The number of rotatable bonds is 9. The van der Waals surface area contributed by atoms with Gasteiger partial charge in [0.05, 0.1) is 16.1 Å². The summed E-state index contributed by atoms with van der Waals surface area (Å²) in [4.78, 5) is 39.1. The third kappa shape index (κ3) is 5.26. The van der Waals surface area contributed by atoms with Crippen LogP contribution in [0.3, 0.4) is 0 Å². The number of ketones is 1. The van der Waals surface area contributed by atoms with E-state index in [2.05, 4.69) is 12.2 Å². The van der Waals surface area contributed by atoms with Crippen LogP contribution in [-0.2, 0) is 20.8 Å². The fraction of sp³-hybridized carbons (Fsp3) is 0.571. The predicted molar refractivity (Wildman–Crippen MR) is 112 cm³/mol. The van der Waals surface area contributed by atoms with Crippen molar-refractivity contribution in [2.45, 2.75) is 65.0 Å². The number of hydrogen-bond donors (Lipinski definition) is 1. The highest BCUT2D eigenvalue weighted by molar-refractivity contribution is 6.43. The number of aryl methyl sites for hydroxylation is 1. The SMILES string of the molecule is CCCCC1C(C(=O)NCCCc2ccc(Cl)c(Cl)c2)C(=O)C(=O)N1C(C)C. The van der Waals surface area contributed by atoms with Gasteiger partial charge in [-0.2, -0.15) is 0 Å². The lowest BCUT2D eigenvalue weighted by molar-refractivity contribution is -0.143. The maximum absolute atomic E-state index is 12.7. The van der Waals surface area contributed by atoms with E-state index in [1.165, 1.54) is 0 Å². The summed E-state index contributed by atoms with van der Waals surface area (Å²) < 4.78 is 0. The van der Waals surface area contributed by atoms with Gasteiger partial charge in [0.15, 0.2) is 0 Å². The summed E-state index contributed by atoms with van der Waals surface area (Å²) in [6.45, 7) is 6.24. The summed E-state index contributed by atoms with van der Waals surface area (Å²) in [5.41, 5.74) is 1.03. The minimum Gasteiger partial charge on any atom is -0.355 e. The molecule has 2 atom stereocenters. The third-order valence-corrected chi connectivity index (χ3v) is 5.83. The Morgan fingerprint density at radius 3 is 2.50 bits per heavy atom. The normalized spacial score (nSPS) is 19.6. The Labute approximate surface area is 176 Å². The average molecular weight is 427 g/mol. The Morgan fingerprint density at radius 1 is 1.18 bits per heavy atom. The molecular formula is C21H28Cl2N2O3. The summed E-state index contributed by atoms with van der Waals surface area (Å²) in [5, 5.41) is 3.86. The van der Waals surface area contributed by atoms with Gasteiger partial charge < -0.3 is 10.2 Å². The van der Waals surface area contributed by atoms with Gasteiger partial charge in [0.2, 0.25) is 11.7 Å². The zero-order valence-corrected chi connectivity index (χ0v) is 18.1. The molecule has 5 nitrogen and oxygen atoms in total. The average Bonchev–Trinajstić information content (AvgIpc) is 2.90. The standard InChI is InChI=1S/C21H28Cl2N2O3/c1-4-5-8-17-18(19(26)21(28)25(17)13(2)3)20(27)24-11-6-7-14-9-10-15(22)16(23)12-14/h9-10,12-13,17-18H,4-8,11H2,1-3H3,(H,24,27). The number of unbranched alkanes of at least 4 members (excludes halogenated alkanes) is 1. The van der Waals surface area contributed by atoms with Crippen molar-refractivity contribution in [3.8, 4) is 0 Å². The molecule has 1 heterocycles. The van der Waals surface area contributed by atoms with Crippen LogP contribution in [0.1, 0.15) is 52.0 Å². The molecule has 154 valence electrons. The molecule has 0 bridgehead atoms. The van der Waals surface area contributed by atoms with E-state index in [1.54, 1.807) is 11.0 Å². The quantitative estimate of drug-likeness (QED) is 0.368. The molecule has 1 aliphatic heterocycles. The number of amides is 2. The van der Waals surface area contributed by atoms with Crippen molar-refractivity contribution < 1.29 is 14.4 Å². The molecule has 1 aromatic rings. The van der Waals surface area contributed by atoms with Crippen LogP contribution in [0, 0.1) is 5.92 Å². The summed E-state index contributed by atoms with van der Waals surface area (Å²) >= 11 is 11.9. The third-order valence-electron chi connectivity index (χ3n) is 5.09. The number of hydrogen-bond acceptors (Lipinski definition) is 3. The molecule has 1 saturated heterocycles. The first-order valence-corrected chi connectivity index (χ1v) is 10.6. The van der Waals surface area contributed by atoms with Gasteiger partial charge in [-0.15, -0.1) is 0 Å². The molecule has 1 N–H and O–H groups in total. The molecule has 0 radical (unpaired) electrons. The zero-order valence-electron chi connectivity index (χ0n) is 16.6. The second-order valence-corrected chi connectivity index (χ2v) is 8.32. The second-order valence-electron chi connectivity index (χ2n) is 7.50. The topological polar surface area (TPSA) is 66.5 Å². The van der Waals surface area contributed by atoms with E-state index >= 15 is 0 Å². The van der Waals surface area contributed by atoms with Gasteiger partial charge in [0.1, 0.15) is 5.92 Å². The molecule has 0 saturated carbocycles. The first-order chi connectivity index (χ1) is 13.3. The first kappa shape index (κ1) is 22.7. The van der Waals surface area contributed by atoms with Crippen LogP contribution in [0.5, 0.6) is 0 Å². The lowest BCUT2D eigenvalue weighted by atomic mass is 9.93. The smallest absolute Gasteiger partial charge is 0.291 e. The minimum absolute atomic E-state index is 0.106. The number of carbonyl (C=O) groups is 3. The maximum atomic E-state index is 12.7. The van der Waals surface area contributed by atoms with Crippen molar-refractivity contribution in [3.05, 3.63) is 33.8 Å². The number of benzene rings is 1. The van der Waals surface area contributed by atoms with Crippen molar-refractivity contribution in [1.82, 2.24) is 10.2 Å². The Kier molecular flexibility index (Phi) is 8.32. The van der Waals surface area contributed by atoms with E-state index < -0.39 is 17.6 Å². The molecule has 0 aliphatic carbocycles. The molecule has 1 fully saturated rings. The van der Waals surface area contributed by atoms with Crippen LogP contribution in [0.4, 0.5) is 0 Å². The Balaban J connectivity index is 1.95. The van der Waals surface area contributed by atoms with Crippen molar-refractivity contribution in [1.29, 1.82) is 0 Å². The molecule has 7 heteroatoms. The molecule has 0 aromatic heterocycles. The highest BCUT2D eigenvalue weighted by atomic mass is 35.5. The Bertz CT molecular complexity index is 736. The van der Waals surface area contributed by atoms with Crippen molar-refractivity contribution in [2.75, 3.05) is 6.54 Å². The Hall–Kier alpha value is -1.59. The summed E-state index contributed by atoms with van der Waals surface area (Å²) in [6.07, 6.45) is 3.91. The van der Waals surface area contributed by atoms with Crippen molar-refractivity contribution in [2.24, 2.45) is 5.92 Å². The van der Waals surface area contributed by atoms with Crippen LogP contribution in [0.25, 0.3) is 0 Å². The number of halogens is 2. The number of nitrogens with zero attached hydrogens (tertiary/aromatic N) is 1. The largest absolute Gasteiger partial charge is 0.355 e. The summed E-state index contributed by atoms with van der Waals surface area (Å²) in [7, 11) is 0. The number of nitrogens with one attached hydrogen (secondary N) is 1. The fourth-order valence-corrected chi connectivity index (χ4v) is 4.01. The van der Waals surface area contributed by atoms with E-state index in [1.807, 2.05) is 26.0 Å². The van der Waals surface area contributed by atoms with Gasteiger partial charge >= 0.3 is 0 Å².